The van der Waals surface area contributed by atoms with Gasteiger partial charge in [0, 0.05) is 5.56 Å². The van der Waals surface area contributed by atoms with Crippen LogP contribution in [0.25, 0.3) is 33.6 Å². The number of imidazole rings is 1. The normalized spacial score (nSPS) is 12.6. The summed E-state index contributed by atoms with van der Waals surface area (Å²) in [7, 11) is 1.60. The lowest BCUT2D eigenvalue weighted by atomic mass is 10.2. The molecule has 0 amide bonds. The molecule has 138 valence electrons. The van der Waals surface area contributed by atoms with Crippen molar-refractivity contribution in [1.29, 1.82) is 0 Å². The molecule has 9 nitrogen and oxygen atoms in total. The van der Waals surface area contributed by atoms with Crippen LogP contribution < -0.4 is 10.5 Å². The van der Waals surface area contributed by atoms with Gasteiger partial charge in [0.1, 0.15) is 17.1 Å². The maximum absolute atomic E-state index is 9.70. The molecular formula is C18H18N6O3. The van der Waals surface area contributed by atoms with Crippen LogP contribution in [0.15, 0.2) is 36.7 Å². The highest BCUT2D eigenvalue weighted by Gasteiger charge is 2.14. The first-order valence-corrected chi connectivity index (χ1v) is 8.31. The third-order valence-electron chi connectivity index (χ3n) is 4.25. The Kier molecular flexibility index (Phi) is 4.30. The van der Waals surface area contributed by atoms with Gasteiger partial charge >= 0.3 is 0 Å². The van der Waals surface area contributed by atoms with E-state index in [9.17, 15) is 5.11 Å². The molecular weight excluding hydrogens is 348 g/mol. The number of fused-ring (bicyclic) bond motifs is 2. The van der Waals surface area contributed by atoms with E-state index in [1.807, 2.05) is 24.3 Å². The number of aliphatic hydroxyl groups excluding tert-OH is 2. The Hall–Kier alpha value is -3.30. The molecule has 27 heavy (non-hydrogen) atoms. The number of nitrogen functional groups attached to an aromatic ring is 1. The number of pyridine rings is 1. The van der Waals surface area contributed by atoms with E-state index < -0.39 is 6.10 Å². The van der Waals surface area contributed by atoms with E-state index >= 15 is 0 Å². The van der Waals surface area contributed by atoms with Gasteiger partial charge in [-0.2, -0.15) is 0 Å². The second kappa shape index (κ2) is 6.78. The van der Waals surface area contributed by atoms with E-state index in [0.717, 1.165) is 11.3 Å². The molecule has 9 heteroatoms. The number of benzene rings is 1. The van der Waals surface area contributed by atoms with Crippen LogP contribution in [0.1, 0.15) is 0 Å². The van der Waals surface area contributed by atoms with Crippen molar-refractivity contribution in [3.05, 3.63) is 36.7 Å². The van der Waals surface area contributed by atoms with E-state index in [4.69, 9.17) is 15.6 Å². The molecule has 1 atom stereocenters. The summed E-state index contributed by atoms with van der Waals surface area (Å²) in [5, 5.41) is 19.4. The topological polar surface area (TPSA) is 132 Å². The number of hydrogen-bond acceptors (Lipinski definition) is 8. The van der Waals surface area contributed by atoms with Crippen molar-refractivity contribution >= 4 is 28.0 Å². The third kappa shape index (κ3) is 3.14. The molecule has 0 aliphatic carbocycles. The number of nitrogens with zero attached hydrogens (tertiary/aromatic N) is 5. The number of methoxy groups -OCH3 is 1. The minimum absolute atomic E-state index is 0.178. The number of aliphatic hydroxyl groups is 2. The Morgan fingerprint density at radius 3 is 2.67 bits per heavy atom. The third-order valence-corrected chi connectivity index (χ3v) is 4.25. The van der Waals surface area contributed by atoms with Crippen LogP contribution in [-0.2, 0) is 6.54 Å². The van der Waals surface area contributed by atoms with Crippen molar-refractivity contribution < 1.29 is 14.9 Å². The molecule has 1 aromatic carbocycles. The van der Waals surface area contributed by atoms with Gasteiger partial charge in [-0.3, -0.25) is 0 Å². The van der Waals surface area contributed by atoms with Crippen molar-refractivity contribution in [2.24, 2.45) is 0 Å². The highest BCUT2D eigenvalue weighted by Crippen LogP contribution is 2.26. The van der Waals surface area contributed by atoms with Crippen LogP contribution in [0.3, 0.4) is 0 Å². The second-order valence-corrected chi connectivity index (χ2v) is 6.10. The van der Waals surface area contributed by atoms with Gasteiger partial charge in [0.05, 0.1) is 38.1 Å². The van der Waals surface area contributed by atoms with Gasteiger partial charge in [-0.15, -0.1) is 0 Å². The minimum atomic E-state index is -0.898. The second-order valence-electron chi connectivity index (χ2n) is 6.10. The molecule has 4 rings (SSSR count). The molecule has 0 radical (unpaired) electrons. The fourth-order valence-electron chi connectivity index (χ4n) is 2.84. The molecule has 0 unspecified atom stereocenters. The largest absolute Gasteiger partial charge is 0.497 e. The standard InChI is InChI=1S/C18H18N6O3/c1-27-12-4-2-10(3-5-12)16-21-15(19)13-6-14-18(23-17(13)22-16)24(9-20-14)7-11(26)8-25/h2-6,9,11,25-26H,7-8H2,1H3,(H2,19,21,22,23)/t11-/m0/s1. The van der Waals surface area contributed by atoms with E-state index in [1.54, 1.807) is 24.1 Å². The summed E-state index contributed by atoms with van der Waals surface area (Å²) in [5.74, 6) is 1.50. The molecule has 0 saturated carbocycles. The highest BCUT2D eigenvalue weighted by molar-refractivity contribution is 5.94. The van der Waals surface area contributed by atoms with Gasteiger partial charge in [-0.25, -0.2) is 19.9 Å². The molecule has 0 saturated heterocycles. The van der Waals surface area contributed by atoms with Gasteiger partial charge in [0.25, 0.3) is 0 Å². The number of nitrogens with two attached hydrogens (primary N) is 1. The maximum atomic E-state index is 9.70. The van der Waals surface area contributed by atoms with Crippen molar-refractivity contribution in [2.75, 3.05) is 19.5 Å². The summed E-state index contributed by atoms with van der Waals surface area (Å²) in [6.45, 7) is -0.165. The van der Waals surface area contributed by atoms with Gasteiger partial charge in [-0.05, 0) is 30.3 Å². The zero-order valence-electron chi connectivity index (χ0n) is 14.6. The monoisotopic (exact) mass is 366 g/mol. The lowest BCUT2D eigenvalue weighted by Gasteiger charge is -2.09. The SMILES string of the molecule is COc1ccc(-c2nc(N)c3cc4ncn(C[C@H](O)CO)c4nc3n2)cc1. The van der Waals surface area contributed by atoms with Crippen LogP contribution in [0, 0.1) is 0 Å². The number of anilines is 1. The highest BCUT2D eigenvalue weighted by atomic mass is 16.5. The van der Waals surface area contributed by atoms with Gasteiger partial charge in [0.15, 0.2) is 17.1 Å². The molecule has 0 aliphatic heterocycles. The number of ether oxygens (including phenoxy) is 1. The first-order chi connectivity index (χ1) is 13.1. The maximum Gasteiger partial charge on any atom is 0.167 e. The van der Waals surface area contributed by atoms with Gasteiger partial charge < -0.3 is 25.3 Å². The summed E-state index contributed by atoms with van der Waals surface area (Å²) < 4.78 is 6.83. The molecule has 3 heterocycles. The van der Waals surface area contributed by atoms with Gasteiger partial charge in [-0.1, -0.05) is 0 Å². The smallest absolute Gasteiger partial charge is 0.167 e. The van der Waals surface area contributed by atoms with Crippen LogP contribution in [0.4, 0.5) is 5.82 Å². The summed E-state index contributed by atoms with van der Waals surface area (Å²) in [6.07, 6.45) is 0.661. The zero-order chi connectivity index (χ0) is 19.0. The van der Waals surface area contributed by atoms with E-state index in [1.165, 1.54) is 0 Å². The molecule has 4 N–H and O–H groups in total. The fourth-order valence-corrected chi connectivity index (χ4v) is 2.84. The summed E-state index contributed by atoms with van der Waals surface area (Å²) in [5.41, 5.74) is 8.51. The lowest BCUT2D eigenvalue weighted by Crippen LogP contribution is -2.19. The number of rotatable bonds is 5. The summed E-state index contributed by atoms with van der Waals surface area (Å²) in [4.78, 5) is 17.8. The summed E-state index contributed by atoms with van der Waals surface area (Å²) in [6, 6.07) is 9.11. The molecule has 0 aliphatic rings. The Bertz CT molecular complexity index is 1110. The van der Waals surface area contributed by atoms with E-state index in [2.05, 4.69) is 19.9 Å². The van der Waals surface area contributed by atoms with E-state index in [0.29, 0.717) is 33.8 Å². The lowest BCUT2D eigenvalue weighted by molar-refractivity contribution is 0.0820. The van der Waals surface area contributed by atoms with Crippen molar-refractivity contribution in [3.63, 3.8) is 0 Å². The Balaban J connectivity index is 1.83. The Morgan fingerprint density at radius 2 is 1.96 bits per heavy atom. The average Bonchev–Trinajstić information content (AvgIpc) is 3.08. The van der Waals surface area contributed by atoms with Crippen molar-refractivity contribution in [3.8, 4) is 17.1 Å². The Labute approximate surface area is 154 Å². The van der Waals surface area contributed by atoms with Crippen LogP contribution in [-0.4, -0.2) is 54.5 Å². The molecule has 0 spiro atoms. The first-order valence-electron chi connectivity index (χ1n) is 8.31. The Morgan fingerprint density at radius 1 is 1.19 bits per heavy atom. The van der Waals surface area contributed by atoms with Crippen LogP contribution in [0.2, 0.25) is 0 Å². The predicted molar refractivity (Wildman–Crippen MR) is 100 cm³/mol. The van der Waals surface area contributed by atoms with Crippen LogP contribution >= 0.6 is 0 Å². The predicted octanol–water partition coefficient (Wildman–Crippen LogP) is 0.986. The molecule has 4 aromatic rings. The number of hydrogen-bond donors (Lipinski definition) is 3. The molecule has 3 aromatic heterocycles. The number of aromatic nitrogens is 5. The zero-order valence-corrected chi connectivity index (χ0v) is 14.6. The quantitative estimate of drug-likeness (QED) is 0.476. The van der Waals surface area contributed by atoms with Crippen LogP contribution in [0.5, 0.6) is 5.75 Å². The van der Waals surface area contributed by atoms with E-state index in [-0.39, 0.29) is 13.2 Å². The molecule has 0 bridgehead atoms. The summed E-state index contributed by atoms with van der Waals surface area (Å²) >= 11 is 0. The first kappa shape index (κ1) is 17.1. The minimum Gasteiger partial charge on any atom is -0.497 e. The fraction of sp³-hybridized carbons (Fsp3) is 0.222. The van der Waals surface area contributed by atoms with Crippen molar-refractivity contribution in [1.82, 2.24) is 24.5 Å². The average molecular weight is 366 g/mol. The molecule has 0 fully saturated rings. The van der Waals surface area contributed by atoms with Crippen molar-refractivity contribution in [2.45, 2.75) is 12.6 Å². The van der Waals surface area contributed by atoms with Gasteiger partial charge in [0.2, 0.25) is 0 Å².